The highest BCUT2D eigenvalue weighted by atomic mass is 19.1. The minimum Gasteiger partial charge on any atom is -0.379 e. The lowest BCUT2D eigenvalue weighted by molar-refractivity contribution is -0.132. The number of anilines is 3. The largest absolute Gasteiger partial charge is 0.379 e. The van der Waals surface area contributed by atoms with Gasteiger partial charge >= 0.3 is 0 Å². The van der Waals surface area contributed by atoms with Gasteiger partial charge in [-0.1, -0.05) is 6.07 Å². The van der Waals surface area contributed by atoms with Crippen molar-refractivity contribution in [2.45, 2.75) is 38.1 Å². The average molecular weight is 823 g/mol. The zero-order valence-electron chi connectivity index (χ0n) is 33.6. The lowest BCUT2D eigenvalue weighted by Gasteiger charge is -2.42. The van der Waals surface area contributed by atoms with Crippen molar-refractivity contribution in [3.8, 4) is 16.9 Å². The second-order valence-corrected chi connectivity index (χ2v) is 16.2. The molecule has 10 rings (SSSR count). The lowest BCUT2D eigenvalue weighted by atomic mass is 10.00. The number of halogens is 3. The van der Waals surface area contributed by atoms with Crippen LogP contribution in [0.5, 0.6) is 0 Å². The molecule has 0 aliphatic carbocycles. The van der Waals surface area contributed by atoms with Gasteiger partial charge in [0, 0.05) is 89.6 Å². The molecule has 4 bridgehead atoms. The van der Waals surface area contributed by atoms with E-state index < -0.39 is 29.6 Å². The minimum atomic E-state index is -0.788. The van der Waals surface area contributed by atoms with E-state index in [2.05, 4.69) is 20.2 Å². The molecule has 8 heterocycles. The number of nitrogens with zero attached hydrogens (tertiary/aromatic N) is 11. The van der Waals surface area contributed by atoms with Crippen LogP contribution in [0.15, 0.2) is 54.7 Å². The van der Waals surface area contributed by atoms with Gasteiger partial charge < -0.3 is 34.1 Å². The number of hydrogen-bond acceptors (Lipinski definition) is 12. The number of ether oxygens (including phenoxy) is 2. The molecule has 15 nitrogen and oxygen atoms in total. The molecule has 3 fully saturated rings. The number of amides is 1. The monoisotopic (exact) mass is 822 g/mol. The maximum atomic E-state index is 15.4. The zero-order chi connectivity index (χ0) is 41.2. The Balaban J connectivity index is 1.05. The first-order chi connectivity index (χ1) is 29.1. The summed E-state index contributed by atoms with van der Waals surface area (Å²) in [5.74, 6) is 0.473. The first-order valence-corrected chi connectivity index (χ1v) is 20.3. The number of methoxy groups -OCH3 is 1. The molecule has 4 aliphatic heterocycles. The summed E-state index contributed by atoms with van der Waals surface area (Å²) < 4.78 is 59.5. The summed E-state index contributed by atoms with van der Waals surface area (Å²) in [6, 6.07) is 10.8. The molecule has 0 unspecified atom stereocenters. The number of aromatic nitrogens is 7. The molecule has 60 heavy (non-hydrogen) atoms. The van der Waals surface area contributed by atoms with Crippen LogP contribution in [0.3, 0.4) is 0 Å². The Hall–Kier alpha value is -5.85. The number of aryl methyl sites for hydroxylation is 1. The number of benzene rings is 2. The lowest BCUT2D eigenvalue weighted by Crippen LogP contribution is -2.53. The Morgan fingerprint density at radius 3 is 2.57 bits per heavy atom. The third-order valence-electron chi connectivity index (χ3n) is 12.2. The van der Waals surface area contributed by atoms with Crippen molar-refractivity contribution < 1.29 is 27.4 Å². The number of carbonyl (C=O) groups is 1. The van der Waals surface area contributed by atoms with Gasteiger partial charge in [-0.2, -0.15) is 15.1 Å². The van der Waals surface area contributed by atoms with Crippen LogP contribution in [-0.4, -0.2) is 141 Å². The molecule has 6 aromatic rings. The Morgan fingerprint density at radius 1 is 0.933 bits per heavy atom. The molecule has 1 N–H and O–H groups in total. The minimum absolute atomic E-state index is 0.0361. The molecule has 3 atom stereocenters. The van der Waals surface area contributed by atoms with Crippen LogP contribution in [0.2, 0.25) is 0 Å². The number of nitrogens with one attached hydrogen (secondary N) is 1. The maximum Gasteiger partial charge on any atom is 0.245 e. The van der Waals surface area contributed by atoms with Crippen LogP contribution >= 0.6 is 0 Å². The summed E-state index contributed by atoms with van der Waals surface area (Å²) in [5, 5.41) is 8.64. The number of rotatable bonds is 6. The van der Waals surface area contributed by atoms with Crippen LogP contribution < -0.4 is 15.1 Å². The van der Waals surface area contributed by atoms with Crippen molar-refractivity contribution >= 4 is 45.6 Å². The average Bonchev–Trinajstić information content (AvgIpc) is 3.93. The Kier molecular flexibility index (Phi) is 9.79. The SMILES string of the molecule is CO[C@H]1CN(C)C(=O)[C@@H]2C[C@@H](CN2c2nc(N3CC(CN4CCOCC4)C3)nc3c2cnn3-c2ccc(F)cc2F)Nc2cccc(n2)-c2cc(F)cc3nc(C)n(c23)C1. The van der Waals surface area contributed by atoms with Crippen LogP contribution in [-0.2, 0) is 20.8 Å². The number of likely N-dealkylation sites (N-methyl/N-ethyl adjacent to an activating group) is 1. The second kappa shape index (κ2) is 15.3. The van der Waals surface area contributed by atoms with Crippen LogP contribution in [0, 0.1) is 30.3 Å². The highest BCUT2D eigenvalue weighted by Gasteiger charge is 2.42. The number of pyridine rings is 1. The predicted molar refractivity (Wildman–Crippen MR) is 219 cm³/mol. The van der Waals surface area contributed by atoms with E-state index >= 15 is 8.78 Å². The van der Waals surface area contributed by atoms with E-state index in [4.69, 9.17) is 29.4 Å². The van der Waals surface area contributed by atoms with E-state index in [0.717, 1.165) is 44.4 Å². The molecular formula is C42H45F3N12O3. The van der Waals surface area contributed by atoms with Gasteiger partial charge in [0.2, 0.25) is 11.9 Å². The fraction of sp³-hybridized carbons (Fsp3) is 0.429. The van der Waals surface area contributed by atoms with Gasteiger partial charge in [0.05, 0.1) is 54.2 Å². The van der Waals surface area contributed by atoms with E-state index in [1.165, 1.54) is 28.9 Å². The van der Waals surface area contributed by atoms with E-state index in [1.54, 1.807) is 25.3 Å². The second-order valence-electron chi connectivity index (χ2n) is 16.2. The van der Waals surface area contributed by atoms with Crippen molar-refractivity contribution in [2.24, 2.45) is 5.92 Å². The topological polar surface area (TPSA) is 135 Å². The Bertz CT molecular complexity index is 2610. The summed E-state index contributed by atoms with van der Waals surface area (Å²) in [6.07, 6.45) is 1.52. The molecule has 0 radical (unpaired) electrons. The zero-order valence-corrected chi connectivity index (χ0v) is 33.6. The molecule has 2 aromatic carbocycles. The number of carbonyl (C=O) groups excluding carboxylic acids is 1. The van der Waals surface area contributed by atoms with E-state index in [9.17, 15) is 9.18 Å². The first kappa shape index (κ1) is 38.4. The molecule has 3 saturated heterocycles. The molecular weight excluding hydrogens is 778 g/mol. The van der Waals surface area contributed by atoms with Crippen molar-refractivity contribution in [1.82, 2.24) is 44.1 Å². The quantitative estimate of drug-likeness (QED) is 0.257. The molecule has 0 saturated carbocycles. The third kappa shape index (κ3) is 6.95. The standard InChI is InChI=1S/C42H45F3N12O3/c1-24-47-34-15-27(44)13-30-33-5-4-6-37(49-33)48-28-16-36(41(58)52(2)22-29(59-3)23-55(24)38(30)34)56(21-28)39-31-17-46-57(35-8-7-26(43)14-32(35)45)40(31)51-42(50-39)54-19-25(20-54)18-53-9-11-60-12-10-53/h4-8,13-15,17,25,28-29,36H,9-12,16,18-23H2,1-3H3,(H,48,49)/t28-,29-,36-/m0/s1. The third-order valence-corrected chi connectivity index (χ3v) is 12.2. The van der Waals surface area contributed by atoms with Gasteiger partial charge in [-0.15, -0.1) is 0 Å². The number of hydrogen-bond donors (Lipinski definition) is 1. The molecule has 1 amide bonds. The summed E-state index contributed by atoms with van der Waals surface area (Å²) in [7, 11) is 3.38. The van der Waals surface area contributed by atoms with Crippen LogP contribution in [0.25, 0.3) is 39.0 Å². The number of imidazole rings is 1. The highest BCUT2D eigenvalue weighted by molar-refractivity contribution is 5.94. The van der Waals surface area contributed by atoms with E-state index in [-0.39, 0.29) is 24.2 Å². The molecule has 0 spiro atoms. The number of fused-ring (bicyclic) bond motifs is 6. The fourth-order valence-electron chi connectivity index (χ4n) is 9.18. The molecule has 18 heteroatoms. The van der Waals surface area contributed by atoms with Gasteiger partial charge in [0.25, 0.3) is 0 Å². The van der Waals surface area contributed by atoms with E-state index in [1.807, 2.05) is 34.6 Å². The summed E-state index contributed by atoms with van der Waals surface area (Å²) in [6.45, 7) is 8.41. The maximum absolute atomic E-state index is 15.4. The van der Waals surface area contributed by atoms with Gasteiger partial charge in [-0.05, 0) is 43.7 Å². The summed E-state index contributed by atoms with van der Waals surface area (Å²) in [5.41, 5.74) is 2.77. The smallest absolute Gasteiger partial charge is 0.245 e. The van der Waals surface area contributed by atoms with Gasteiger partial charge in [-0.25, -0.2) is 27.8 Å². The normalized spacial score (nSPS) is 21.7. The van der Waals surface area contributed by atoms with Gasteiger partial charge in [-0.3, -0.25) is 9.69 Å². The number of morpholine rings is 1. The van der Waals surface area contributed by atoms with Gasteiger partial charge in [0.15, 0.2) is 11.5 Å². The summed E-state index contributed by atoms with van der Waals surface area (Å²) >= 11 is 0. The van der Waals surface area contributed by atoms with Gasteiger partial charge in [0.1, 0.15) is 40.8 Å². The van der Waals surface area contributed by atoms with Crippen LogP contribution in [0.1, 0.15) is 12.2 Å². The fourth-order valence-corrected chi connectivity index (χ4v) is 9.18. The van der Waals surface area contributed by atoms with Crippen molar-refractivity contribution in [3.63, 3.8) is 0 Å². The Morgan fingerprint density at radius 2 is 1.77 bits per heavy atom. The first-order valence-electron chi connectivity index (χ1n) is 20.3. The van der Waals surface area contributed by atoms with Crippen molar-refractivity contribution in [3.05, 3.63) is 78.0 Å². The highest BCUT2D eigenvalue weighted by Crippen LogP contribution is 2.37. The van der Waals surface area contributed by atoms with Crippen LogP contribution in [0.4, 0.5) is 30.8 Å². The predicted octanol–water partition coefficient (Wildman–Crippen LogP) is 4.27. The molecule has 4 aromatic heterocycles. The summed E-state index contributed by atoms with van der Waals surface area (Å²) in [4.78, 5) is 42.8. The van der Waals surface area contributed by atoms with Crippen molar-refractivity contribution in [1.29, 1.82) is 0 Å². The molecule has 312 valence electrons. The Labute approximate surface area is 343 Å². The van der Waals surface area contributed by atoms with Crippen molar-refractivity contribution in [2.75, 3.05) is 88.3 Å². The molecule has 4 aliphatic rings. The van der Waals surface area contributed by atoms with E-state index in [0.29, 0.717) is 89.7 Å².